The van der Waals surface area contributed by atoms with Gasteiger partial charge in [0, 0.05) is 27.1 Å². The predicted octanol–water partition coefficient (Wildman–Crippen LogP) is 3.41. The van der Waals surface area contributed by atoms with E-state index in [1.807, 2.05) is 30.3 Å². The van der Waals surface area contributed by atoms with Crippen LogP contribution in [0.25, 0.3) is 17.5 Å². The lowest BCUT2D eigenvalue weighted by Gasteiger charge is -2.26. The molecule has 1 fully saturated rings. The van der Waals surface area contributed by atoms with Crippen LogP contribution in [0.2, 0.25) is 0 Å². The first kappa shape index (κ1) is 18.9. The van der Waals surface area contributed by atoms with Gasteiger partial charge in [-0.2, -0.15) is 0 Å². The van der Waals surface area contributed by atoms with Gasteiger partial charge in [0.2, 0.25) is 0 Å². The number of urea groups is 1. The fourth-order valence-corrected chi connectivity index (χ4v) is 3.16. The lowest BCUT2D eigenvalue weighted by molar-refractivity contribution is -0.122. The fraction of sp³-hybridized carbons (Fsp3) is 0. The van der Waals surface area contributed by atoms with Crippen LogP contribution in [0.15, 0.2) is 72.6 Å². The van der Waals surface area contributed by atoms with Gasteiger partial charge in [0.1, 0.15) is 5.57 Å². The zero-order chi connectivity index (χ0) is 20.4. The van der Waals surface area contributed by atoms with Crippen molar-refractivity contribution in [2.75, 3.05) is 4.90 Å². The zero-order valence-electron chi connectivity index (χ0n) is 14.9. The van der Waals surface area contributed by atoms with Gasteiger partial charge < -0.3 is 0 Å². The van der Waals surface area contributed by atoms with Crippen LogP contribution in [0.1, 0.15) is 5.56 Å². The Kier molecular flexibility index (Phi) is 5.17. The highest BCUT2D eigenvalue weighted by molar-refractivity contribution is 14.1. The van der Waals surface area contributed by atoms with E-state index in [0.29, 0.717) is 17.1 Å². The Morgan fingerprint density at radius 2 is 1.55 bits per heavy atom. The van der Waals surface area contributed by atoms with Gasteiger partial charge in [-0.25, -0.2) is 19.7 Å². The SMILES string of the molecule is O=C1NC(=O)N(c2ccc(I)cc2)C(=O)C1=Cc1cnc(-c2ccccc2)nc1. The summed E-state index contributed by atoms with van der Waals surface area (Å²) in [5.74, 6) is -0.927. The molecule has 0 spiro atoms. The molecule has 8 heteroatoms. The highest BCUT2D eigenvalue weighted by atomic mass is 127. The Labute approximate surface area is 179 Å². The number of barbiturate groups is 1. The average Bonchev–Trinajstić information content (AvgIpc) is 2.73. The summed E-state index contributed by atoms with van der Waals surface area (Å²) in [5.41, 5.74) is 1.54. The molecule has 2 heterocycles. The van der Waals surface area contributed by atoms with Crippen molar-refractivity contribution >= 4 is 52.2 Å². The molecule has 0 unspecified atom stereocenters. The number of nitrogens with one attached hydrogen (secondary N) is 1. The smallest absolute Gasteiger partial charge is 0.273 e. The highest BCUT2D eigenvalue weighted by Crippen LogP contribution is 2.23. The van der Waals surface area contributed by atoms with Crippen LogP contribution in [0, 0.1) is 3.57 Å². The molecule has 0 aliphatic carbocycles. The van der Waals surface area contributed by atoms with Gasteiger partial charge >= 0.3 is 6.03 Å². The lowest BCUT2D eigenvalue weighted by Crippen LogP contribution is -2.54. The number of rotatable bonds is 3. The number of benzene rings is 2. The average molecular weight is 496 g/mol. The van der Waals surface area contributed by atoms with Gasteiger partial charge in [-0.3, -0.25) is 14.9 Å². The third-order valence-corrected chi connectivity index (χ3v) is 4.92. The van der Waals surface area contributed by atoms with E-state index >= 15 is 0 Å². The van der Waals surface area contributed by atoms with Crippen molar-refractivity contribution in [1.82, 2.24) is 15.3 Å². The molecule has 29 heavy (non-hydrogen) atoms. The molecule has 2 aromatic carbocycles. The van der Waals surface area contributed by atoms with Crippen molar-refractivity contribution in [1.29, 1.82) is 0 Å². The minimum absolute atomic E-state index is 0.167. The second kappa shape index (κ2) is 7.92. The number of carbonyl (C=O) groups excluding carboxylic acids is 3. The number of imide groups is 2. The van der Waals surface area contributed by atoms with Crippen molar-refractivity contribution in [2.24, 2.45) is 0 Å². The highest BCUT2D eigenvalue weighted by Gasteiger charge is 2.36. The van der Waals surface area contributed by atoms with Crippen LogP contribution in [0.3, 0.4) is 0 Å². The normalized spacial score (nSPS) is 15.6. The molecule has 142 valence electrons. The van der Waals surface area contributed by atoms with Crippen LogP contribution in [-0.2, 0) is 9.59 Å². The molecule has 0 atom stereocenters. The van der Waals surface area contributed by atoms with Gasteiger partial charge in [-0.05, 0) is 52.9 Å². The Balaban J connectivity index is 1.65. The van der Waals surface area contributed by atoms with E-state index in [1.165, 1.54) is 18.5 Å². The van der Waals surface area contributed by atoms with Gasteiger partial charge in [0.15, 0.2) is 5.82 Å². The fourth-order valence-electron chi connectivity index (χ4n) is 2.80. The van der Waals surface area contributed by atoms with Crippen LogP contribution in [-0.4, -0.2) is 27.8 Å². The monoisotopic (exact) mass is 496 g/mol. The molecule has 0 radical (unpaired) electrons. The summed E-state index contributed by atoms with van der Waals surface area (Å²) in [4.78, 5) is 46.8. The van der Waals surface area contributed by atoms with Crippen LogP contribution in [0.4, 0.5) is 10.5 Å². The minimum Gasteiger partial charge on any atom is -0.273 e. The summed E-state index contributed by atoms with van der Waals surface area (Å²) in [6, 6.07) is 15.5. The van der Waals surface area contributed by atoms with E-state index in [9.17, 15) is 14.4 Å². The standard InChI is InChI=1S/C21H13IN4O3/c22-15-6-8-16(9-7-15)26-20(28)17(19(27)25-21(26)29)10-13-11-23-18(24-12-13)14-4-2-1-3-5-14/h1-12H,(H,25,27,29). The molecule has 1 aromatic heterocycles. The van der Waals surface area contributed by atoms with Crippen molar-refractivity contribution < 1.29 is 14.4 Å². The zero-order valence-corrected chi connectivity index (χ0v) is 17.0. The number of carbonyl (C=O) groups is 3. The molecular formula is C21H13IN4O3. The number of anilines is 1. The lowest BCUT2D eigenvalue weighted by atomic mass is 10.1. The van der Waals surface area contributed by atoms with E-state index in [1.54, 1.807) is 24.3 Å². The summed E-state index contributed by atoms with van der Waals surface area (Å²) >= 11 is 2.12. The van der Waals surface area contributed by atoms with E-state index < -0.39 is 17.8 Å². The van der Waals surface area contributed by atoms with Crippen LogP contribution >= 0.6 is 22.6 Å². The predicted molar refractivity (Wildman–Crippen MR) is 116 cm³/mol. The molecule has 1 aliphatic heterocycles. The van der Waals surface area contributed by atoms with Gasteiger partial charge in [-0.1, -0.05) is 30.3 Å². The minimum atomic E-state index is -0.783. The van der Waals surface area contributed by atoms with E-state index in [2.05, 4.69) is 37.9 Å². The molecule has 4 amide bonds. The maximum absolute atomic E-state index is 12.9. The number of nitrogens with zero attached hydrogens (tertiary/aromatic N) is 3. The van der Waals surface area contributed by atoms with Gasteiger partial charge in [0.25, 0.3) is 11.8 Å². The third kappa shape index (κ3) is 3.92. The summed E-state index contributed by atoms with van der Waals surface area (Å²) in [7, 11) is 0. The van der Waals surface area contributed by atoms with Gasteiger partial charge in [0.05, 0.1) is 5.69 Å². The van der Waals surface area contributed by atoms with E-state index in [4.69, 9.17) is 0 Å². The molecule has 1 N–H and O–H groups in total. The molecular weight excluding hydrogens is 483 g/mol. The number of amides is 4. The second-order valence-electron chi connectivity index (χ2n) is 6.14. The topological polar surface area (TPSA) is 92.3 Å². The quantitative estimate of drug-likeness (QED) is 0.341. The van der Waals surface area contributed by atoms with Crippen molar-refractivity contribution in [3.63, 3.8) is 0 Å². The number of hydrogen-bond donors (Lipinski definition) is 1. The molecule has 0 saturated carbocycles. The molecule has 7 nitrogen and oxygen atoms in total. The van der Waals surface area contributed by atoms with E-state index in [0.717, 1.165) is 14.0 Å². The van der Waals surface area contributed by atoms with Crippen molar-refractivity contribution in [3.8, 4) is 11.4 Å². The first-order chi connectivity index (χ1) is 14.0. The Morgan fingerprint density at radius 1 is 0.897 bits per heavy atom. The summed E-state index contributed by atoms with van der Waals surface area (Å²) in [6.07, 6.45) is 4.42. The maximum atomic E-state index is 12.9. The summed E-state index contributed by atoms with van der Waals surface area (Å²) < 4.78 is 0.957. The summed E-state index contributed by atoms with van der Waals surface area (Å²) in [5, 5.41) is 2.20. The first-order valence-corrected chi connectivity index (χ1v) is 9.65. The molecule has 4 rings (SSSR count). The van der Waals surface area contributed by atoms with E-state index in [-0.39, 0.29) is 5.57 Å². The molecule has 1 saturated heterocycles. The second-order valence-corrected chi connectivity index (χ2v) is 7.39. The van der Waals surface area contributed by atoms with Crippen LogP contribution in [0.5, 0.6) is 0 Å². The maximum Gasteiger partial charge on any atom is 0.335 e. The first-order valence-electron chi connectivity index (χ1n) is 8.57. The Hall–Kier alpha value is -3.40. The largest absolute Gasteiger partial charge is 0.335 e. The summed E-state index contributed by atoms with van der Waals surface area (Å²) in [6.45, 7) is 0. The number of halogens is 1. The van der Waals surface area contributed by atoms with Gasteiger partial charge in [-0.15, -0.1) is 0 Å². The molecule has 0 bridgehead atoms. The van der Waals surface area contributed by atoms with Crippen molar-refractivity contribution in [2.45, 2.75) is 0 Å². The third-order valence-electron chi connectivity index (χ3n) is 4.20. The van der Waals surface area contributed by atoms with Crippen LogP contribution < -0.4 is 10.2 Å². The molecule has 3 aromatic rings. The Morgan fingerprint density at radius 3 is 2.21 bits per heavy atom. The Bertz CT molecular complexity index is 1130. The van der Waals surface area contributed by atoms with Crippen molar-refractivity contribution in [3.05, 3.63) is 81.7 Å². The molecule has 1 aliphatic rings. The number of hydrogen-bond acceptors (Lipinski definition) is 5. The number of aromatic nitrogens is 2.